The molecule has 1 unspecified atom stereocenters. The number of aliphatic hydroxyl groups is 1. The molecule has 2 heterocycles. The van der Waals surface area contributed by atoms with Crippen molar-refractivity contribution in [3.05, 3.63) is 24.0 Å². The van der Waals surface area contributed by atoms with Crippen LogP contribution < -0.4 is 10.1 Å². The molecule has 0 bridgehead atoms. The maximum atomic E-state index is 12.0. The number of carbonyl (C=O) groups excluding carboxylic acids is 2. The molecule has 2 rings (SSSR count). The van der Waals surface area contributed by atoms with Gasteiger partial charge in [0.25, 0.3) is 5.91 Å². The summed E-state index contributed by atoms with van der Waals surface area (Å²) in [5, 5.41) is 12.4. The average molecular weight is 307 g/mol. The molecule has 2 N–H and O–H groups in total. The van der Waals surface area contributed by atoms with Crippen LogP contribution in [0.15, 0.2) is 18.3 Å². The normalized spacial score (nSPS) is 18.7. The van der Waals surface area contributed by atoms with Crippen molar-refractivity contribution in [2.45, 2.75) is 31.9 Å². The zero-order chi connectivity index (χ0) is 15.9. The first-order chi connectivity index (χ1) is 10.6. The summed E-state index contributed by atoms with van der Waals surface area (Å²) in [5.41, 5.74) is 0.626. The van der Waals surface area contributed by atoms with E-state index in [9.17, 15) is 14.7 Å². The van der Waals surface area contributed by atoms with Crippen LogP contribution in [0.1, 0.15) is 25.0 Å². The number of pyridine rings is 1. The third-order valence-corrected chi connectivity index (χ3v) is 3.61. The minimum atomic E-state index is -0.994. The summed E-state index contributed by atoms with van der Waals surface area (Å²) in [6.07, 6.45) is 2.67. The predicted molar refractivity (Wildman–Crippen MR) is 79.1 cm³/mol. The summed E-state index contributed by atoms with van der Waals surface area (Å²) in [6.45, 7) is 0.675. The highest BCUT2D eigenvalue weighted by Crippen LogP contribution is 2.14. The molecule has 0 aliphatic carbocycles. The van der Waals surface area contributed by atoms with E-state index in [2.05, 4.69) is 10.3 Å². The van der Waals surface area contributed by atoms with Crippen LogP contribution in [0.3, 0.4) is 0 Å². The highest BCUT2D eigenvalue weighted by molar-refractivity contribution is 5.87. The summed E-state index contributed by atoms with van der Waals surface area (Å²) < 4.78 is 5.16. The fraction of sp³-hybridized carbons (Fsp3) is 0.533. The molecule has 1 aromatic rings. The summed E-state index contributed by atoms with van der Waals surface area (Å²) >= 11 is 0. The van der Waals surface area contributed by atoms with Crippen LogP contribution in [0.4, 0.5) is 0 Å². The number of aliphatic hydroxyl groups excluding tert-OH is 1. The Morgan fingerprint density at radius 3 is 3.14 bits per heavy atom. The lowest BCUT2D eigenvalue weighted by Gasteiger charge is -2.21. The van der Waals surface area contributed by atoms with Crippen LogP contribution in [0, 0.1) is 0 Å². The van der Waals surface area contributed by atoms with Crippen molar-refractivity contribution in [3.8, 4) is 5.75 Å². The summed E-state index contributed by atoms with van der Waals surface area (Å²) in [6, 6.07) is 3.52. The fourth-order valence-electron chi connectivity index (χ4n) is 2.40. The van der Waals surface area contributed by atoms with Gasteiger partial charge in [-0.05, 0) is 31.4 Å². The molecular formula is C15H21N3O4. The SMILES string of the molecule is COc1cccnc1CNC(=O)CN1CCCCC(O)C1=O. The fourth-order valence-corrected chi connectivity index (χ4v) is 2.40. The monoisotopic (exact) mass is 307 g/mol. The molecule has 1 atom stereocenters. The summed E-state index contributed by atoms with van der Waals surface area (Å²) in [7, 11) is 1.54. The smallest absolute Gasteiger partial charge is 0.251 e. The third kappa shape index (κ3) is 4.17. The maximum absolute atomic E-state index is 12.0. The predicted octanol–water partition coefficient (Wildman–Crippen LogP) is 0.0798. The van der Waals surface area contributed by atoms with E-state index >= 15 is 0 Å². The second-order valence-corrected chi connectivity index (χ2v) is 5.20. The molecule has 1 aliphatic rings. The number of carbonyl (C=O) groups is 2. The van der Waals surface area contributed by atoms with Gasteiger partial charge in [-0.3, -0.25) is 14.6 Å². The standard InChI is InChI=1S/C15H21N3O4/c1-22-13-6-4-7-16-11(13)9-17-14(20)10-18-8-3-2-5-12(19)15(18)21/h4,6-7,12,19H,2-3,5,8-10H2,1H3,(H,17,20). The average Bonchev–Trinajstić information content (AvgIpc) is 2.69. The van der Waals surface area contributed by atoms with Crippen LogP contribution in [-0.4, -0.2) is 53.1 Å². The number of methoxy groups -OCH3 is 1. The number of nitrogens with zero attached hydrogens (tertiary/aromatic N) is 2. The van der Waals surface area contributed by atoms with Gasteiger partial charge in [0.05, 0.1) is 20.2 Å². The Labute approximate surface area is 129 Å². The van der Waals surface area contributed by atoms with E-state index in [1.807, 2.05) is 0 Å². The van der Waals surface area contributed by atoms with Crippen LogP contribution in [-0.2, 0) is 16.1 Å². The van der Waals surface area contributed by atoms with Gasteiger partial charge in [0.2, 0.25) is 5.91 Å². The quantitative estimate of drug-likeness (QED) is 0.804. The Morgan fingerprint density at radius 1 is 1.55 bits per heavy atom. The van der Waals surface area contributed by atoms with Crippen LogP contribution in [0.5, 0.6) is 5.75 Å². The van der Waals surface area contributed by atoms with Crippen LogP contribution in [0.2, 0.25) is 0 Å². The van der Waals surface area contributed by atoms with Crippen LogP contribution in [0.25, 0.3) is 0 Å². The van der Waals surface area contributed by atoms with Crippen molar-refractivity contribution in [2.75, 3.05) is 20.2 Å². The minimum absolute atomic E-state index is 0.0506. The molecule has 1 aromatic heterocycles. The molecule has 120 valence electrons. The molecule has 0 spiro atoms. The first kappa shape index (κ1) is 16.2. The van der Waals surface area contributed by atoms with Gasteiger partial charge in [-0.25, -0.2) is 0 Å². The largest absolute Gasteiger partial charge is 0.495 e. The van der Waals surface area contributed by atoms with Crippen molar-refractivity contribution >= 4 is 11.8 Å². The zero-order valence-electron chi connectivity index (χ0n) is 12.6. The summed E-state index contributed by atoms with van der Waals surface area (Å²) in [5.74, 6) is -0.0534. The second kappa shape index (κ2) is 7.74. The molecular weight excluding hydrogens is 286 g/mol. The van der Waals surface area contributed by atoms with Crippen molar-refractivity contribution in [1.29, 1.82) is 0 Å². The Kier molecular flexibility index (Phi) is 5.71. The number of aromatic nitrogens is 1. The topological polar surface area (TPSA) is 91.8 Å². The van der Waals surface area contributed by atoms with Gasteiger partial charge in [0.15, 0.2) is 0 Å². The number of ether oxygens (including phenoxy) is 1. The lowest BCUT2D eigenvalue weighted by molar-refractivity contribution is -0.142. The van der Waals surface area contributed by atoms with E-state index in [1.165, 1.54) is 4.90 Å². The van der Waals surface area contributed by atoms with Crippen molar-refractivity contribution in [2.24, 2.45) is 0 Å². The Bertz CT molecular complexity index is 535. The molecule has 0 aromatic carbocycles. The van der Waals surface area contributed by atoms with E-state index < -0.39 is 6.10 Å². The lowest BCUT2D eigenvalue weighted by atomic mass is 10.2. The van der Waals surface area contributed by atoms with Gasteiger partial charge >= 0.3 is 0 Å². The number of amides is 2. The number of nitrogens with one attached hydrogen (secondary N) is 1. The maximum Gasteiger partial charge on any atom is 0.251 e. The molecule has 0 saturated carbocycles. The second-order valence-electron chi connectivity index (χ2n) is 5.20. The molecule has 1 aliphatic heterocycles. The van der Waals surface area contributed by atoms with E-state index in [0.29, 0.717) is 24.4 Å². The van der Waals surface area contributed by atoms with E-state index in [-0.39, 0.29) is 24.9 Å². The van der Waals surface area contributed by atoms with Crippen molar-refractivity contribution in [1.82, 2.24) is 15.2 Å². The minimum Gasteiger partial charge on any atom is -0.495 e. The highest BCUT2D eigenvalue weighted by Gasteiger charge is 2.26. The molecule has 0 radical (unpaired) electrons. The first-order valence-corrected chi connectivity index (χ1v) is 7.33. The van der Waals surface area contributed by atoms with Gasteiger partial charge < -0.3 is 20.1 Å². The van der Waals surface area contributed by atoms with Crippen LogP contribution >= 0.6 is 0 Å². The molecule has 2 amide bonds. The molecule has 1 saturated heterocycles. The molecule has 7 nitrogen and oxygen atoms in total. The van der Waals surface area contributed by atoms with Gasteiger partial charge in [-0.1, -0.05) is 0 Å². The Morgan fingerprint density at radius 2 is 2.36 bits per heavy atom. The summed E-state index contributed by atoms with van der Waals surface area (Å²) in [4.78, 5) is 29.5. The Hall–Kier alpha value is -2.15. The van der Waals surface area contributed by atoms with Gasteiger partial charge in [0.1, 0.15) is 17.5 Å². The van der Waals surface area contributed by atoms with Crippen molar-refractivity contribution < 1.29 is 19.4 Å². The Balaban J connectivity index is 1.88. The lowest BCUT2D eigenvalue weighted by Crippen LogP contribution is -2.44. The third-order valence-electron chi connectivity index (χ3n) is 3.61. The number of likely N-dealkylation sites (tertiary alicyclic amines) is 1. The van der Waals surface area contributed by atoms with E-state index in [0.717, 1.165) is 12.8 Å². The zero-order valence-corrected chi connectivity index (χ0v) is 12.6. The molecule has 7 heteroatoms. The van der Waals surface area contributed by atoms with Gasteiger partial charge in [-0.15, -0.1) is 0 Å². The first-order valence-electron chi connectivity index (χ1n) is 7.33. The van der Waals surface area contributed by atoms with Gasteiger partial charge in [-0.2, -0.15) is 0 Å². The molecule has 1 fully saturated rings. The van der Waals surface area contributed by atoms with E-state index in [1.54, 1.807) is 25.4 Å². The highest BCUT2D eigenvalue weighted by atomic mass is 16.5. The number of hydrogen-bond acceptors (Lipinski definition) is 5. The van der Waals surface area contributed by atoms with Gasteiger partial charge in [0, 0.05) is 12.7 Å². The number of hydrogen-bond donors (Lipinski definition) is 2. The number of rotatable bonds is 5. The molecule has 22 heavy (non-hydrogen) atoms. The van der Waals surface area contributed by atoms with Crippen molar-refractivity contribution in [3.63, 3.8) is 0 Å². The van der Waals surface area contributed by atoms with E-state index in [4.69, 9.17) is 4.74 Å².